The van der Waals surface area contributed by atoms with Crippen LogP contribution in [0.1, 0.15) is 24.8 Å². The van der Waals surface area contributed by atoms with E-state index in [1.807, 2.05) is 0 Å². The predicted octanol–water partition coefficient (Wildman–Crippen LogP) is 3.13. The van der Waals surface area contributed by atoms with Crippen LogP contribution in [0.2, 0.25) is 0 Å². The van der Waals surface area contributed by atoms with Gasteiger partial charge in [-0.1, -0.05) is 0 Å². The fourth-order valence-electron chi connectivity index (χ4n) is 4.62. The van der Waals surface area contributed by atoms with E-state index in [4.69, 9.17) is 10.5 Å². The van der Waals surface area contributed by atoms with Gasteiger partial charge in [0.2, 0.25) is 5.95 Å². The van der Waals surface area contributed by atoms with Crippen LogP contribution in [0.25, 0.3) is 0 Å². The van der Waals surface area contributed by atoms with Crippen LogP contribution >= 0.6 is 11.3 Å². The second kappa shape index (κ2) is 10.4. The molecule has 0 saturated carbocycles. The summed E-state index contributed by atoms with van der Waals surface area (Å²) in [6.07, 6.45) is -9.63. The second-order valence-corrected chi connectivity index (χ2v) is 12.4. The van der Waals surface area contributed by atoms with Crippen LogP contribution in [0.4, 0.5) is 37.3 Å². The standard InChI is InChI=1S/C21H25F6N5O4S2/c22-20(23,24)19(33,21(25,26)27)14-10-29-18(30-11-14)32-6-5-31(38(34,35)17-2-1-16(28)37-17)12-15(32)9-13-3-7-36-8-4-13/h1-2,10-11,13,15,33H,3-9,12,28H2/t15-/m0/s1. The number of aromatic nitrogens is 2. The topological polar surface area (TPSA) is 122 Å². The van der Waals surface area contributed by atoms with E-state index in [1.54, 1.807) is 4.90 Å². The van der Waals surface area contributed by atoms with E-state index < -0.39 is 39.6 Å². The van der Waals surface area contributed by atoms with E-state index in [9.17, 15) is 39.9 Å². The molecule has 0 aromatic carbocycles. The van der Waals surface area contributed by atoms with Crippen LogP contribution < -0.4 is 10.6 Å². The third kappa shape index (κ3) is 5.43. The molecule has 2 aliphatic rings. The molecule has 0 bridgehead atoms. The SMILES string of the molecule is Nc1ccc(S(=O)(=O)N2CCN(c3ncc(C(O)(C(F)(F)F)C(F)(F)F)cn3)[C@@H](CC3CCOCC3)C2)s1. The first kappa shape index (κ1) is 28.8. The lowest BCUT2D eigenvalue weighted by atomic mass is 9.91. The van der Waals surface area contributed by atoms with Gasteiger partial charge in [-0.05, 0) is 37.3 Å². The fourth-order valence-corrected chi connectivity index (χ4v) is 7.34. The van der Waals surface area contributed by atoms with Gasteiger partial charge in [0.15, 0.2) is 0 Å². The molecule has 0 spiro atoms. The summed E-state index contributed by atoms with van der Waals surface area (Å²) in [5.41, 5.74) is -1.02. The fraction of sp³-hybridized carbons (Fsp3) is 0.619. The molecular weight excluding hydrogens is 564 g/mol. The molecular formula is C21H25F6N5O4S2. The van der Waals surface area contributed by atoms with Crippen molar-refractivity contribution in [2.75, 3.05) is 43.5 Å². The van der Waals surface area contributed by atoms with Crippen molar-refractivity contribution in [3.05, 3.63) is 30.1 Å². The number of aliphatic hydroxyl groups is 1. The number of thiophene rings is 1. The van der Waals surface area contributed by atoms with Crippen LogP contribution in [0.3, 0.4) is 0 Å². The maximum Gasteiger partial charge on any atom is 0.430 e. The maximum atomic E-state index is 13.2. The Morgan fingerprint density at radius 2 is 1.66 bits per heavy atom. The molecule has 17 heteroatoms. The number of ether oxygens (including phenoxy) is 1. The normalized spacial score (nSPS) is 21.1. The molecule has 38 heavy (non-hydrogen) atoms. The van der Waals surface area contributed by atoms with Crippen molar-refractivity contribution in [2.24, 2.45) is 5.92 Å². The average molecular weight is 590 g/mol. The smallest absolute Gasteiger partial charge is 0.391 e. The van der Waals surface area contributed by atoms with Crippen LogP contribution in [0.5, 0.6) is 0 Å². The Balaban J connectivity index is 1.62. The zero-order valence-electron chi connectivity index (χ0n) is 19.7. The van der Waals surface area contributed by atoms with Crippen LogP contribution in [-0.4, -0.2) is 79.0 Å². The first-order chi connectivity index (χ1) is 17.6. The lowest BCUT2D eigenvalue weighted by molar-refractivity contribution is -0.376. The summed E-state index contributed by atoms with van der Waals surface area (Å²) >= 11 is 0.916. The number of nitrogens with two attached hydrogens (primary N) is 1. The summed E-state index contributed by atoms with van der Waals surface area (Å²) in [5, 5.41) is 9.95. The number of halogens is 6. The molecule has 0 amide bonds. The molecule has 0 unspecified atom stereocenters. The molecule has 0 aliphatic carbocycles. The zero-order chi connectivity index (χ0) is 27.9. The minimum Gasteiger partial charge on any atom is -0.391 e. The third-order valence-electron chi connectivity index (χ3n) is 6.72. The first-order valence-electron chi connectivity index (χ1n) is 11.5. The number of nitrogens with zero attached hydrogens (tertiary/aromatic N) is 4. The van der Waals surface area contributed by atoms with Gasteiger partial charge in [-0.15, -0.1) is 11.3 Å². The Morgan fingerprint density at radius 3 is 2.18 bits per heavy atom. The lowest BCUT2D eigenvalue weighted by Crippen LogP contribution is -2.56. The number of piperazine rings is 1. The van der Waals surface area contributed by atoms with E-state index in [0.717, 1.165) is 11.3 Å². The molecule has 212 valence electrons. The van der Waals surface area contributed by atoms with Gasteiger partial charge < -0.3 is 20.5 Å². The quantitative estimate of drug-likeness (QED) is 0.493. The Labute approximate surface area is 218 Å². The number of hydrogen-bond donors (Lipinski definition) is 2. The molecule has 1 atom stereocenters. The summed E-state index contributed by atoms with van der Waals surface area (Å²) in [7, 11) is -3.88. The highest BCUT2D eigenvalue weighted by Gasteiger charge is 2.71. The van der Waals surface area contributed by atoms with Gasteiger partial charge in [0.05, 0.1) is 5.00 Å². The highest BCUT2D eigenvalue weighted by molar-refractivity contribution is 7.91. The van der Waals surface area contributed by atoms with Gasteiger partial charge >= 0.3 is 12.4 Å². The van der Waals surface area contributed by atoms with Gasteiger partial charge in [-0.3, -0.25) is 0 Å². The molecule has 3 N–H and O–H groups in total. The monoisotopic (exact) mass is 589 g/mol. The Kier molecular flexibility index (Phi) is 7.88. The highest BCUT2D eigenvalue weighted by Crippen LogP contribution is 2.49. The molecule has 4 heterocycles. The van der Waals surface area contributed by atoms with Crippen LogP contribution in [-0.2, 0) is 20.4 Å². The summed E-state index contributed by atoms with van der Waals surface area (Å²) in [6, 6.07) is 2.36. The highest BCUT2D eigenvalue weighted by atomic mass is 32.2. The molecule has 2 fully saturated rings. The lowest BCUT2D eigenvalue weighted by Gasteiger charge is -2.42. The molecule has 0 radical (unpaired) electrons. The van der Waals surface area contributed by atoms with E-state index >= 15 is 0 Å². The minimum absolute atomic E-state index is 0.00233. The predicted molar refractivity (Wildman–Crippen MR) is 125 cm³/mol. The van der Waals surface area contributed by atoms with Gasteiger partial charge in [-0.25, -0.2) is 18.4 Å². The summed E-state index contributed by atoms with van der Waals surface area (Å²) < 4.78 is 113. The number of sulfonamides is 1. The van der Waals surface area contributed by atoms with Crippen LogP contribution in [0, 0.1) is 5.92 Å². The number of alkyl halides is 6. The van der Waals surface area contributed by atoms with Crippen molar-refractivity contribution >= 4 is 32.3 Å². The van der Waals surface area contributed by atoms with Gasteiger partial charge in [0.1, 0.15) is 4.21 Å². The number of nitrogen functional groups attached to an aromatic ring is 1. The number of hydrogen-bond acceptors (Lipinski definition) is 9. The first-order valence-corrected chi connectivity index (χ1v) is 13.8. The molecule has 2 saturated heterocycles. The molecule has 2 aromatic rings. The average Bonchev–Trinajstić information content (AvgIpc) is 3.30. The van der Waals surface area contributed by atoms with Gasteiger partial charge in [0, 0.05) is 56.8 Å². The minimum atomic E-state index is -6.06. The Bertz CT molecular complexity index is 1200. The third-order valence-corrected chi connectivity index (χ3v) is 9.97. The molecule has 2 aliphatic heterocycles. The zero-order valence-corrected chi connectivity index (χ0v) is 21.4. The Hall–Kier alpha value is -2.21. The summed E-state index contributed by atoms with van der Waals surface area (Å²) in [6.45, 7) is 1.05. The maximum absolute atomic E-state index is 13.2. The van der Waals surface area contributed by atoms with Crippen molar-refractivity contribution < 1.29 is 44.6 Å². The van der Waals surface area contributed by atoms with Crippen molar-refractivity contribution in [2.45, 2.75) is 47.5 Å². The van der Waals surface area contributed by atoms with E-state index in [-0.39, 0.29) is 35.7 Å². The van der Waals surface area contributed by atoms with Gasteiger partial charge in [-0.2, -0.15) is 30.6 Å². The van der Waals surface area contributed by atoms with Gasteiger partial charge in [0.25, 0.3) is 15.6 Å². The van der Waals surface area contributed by atoms with Crippen molar-refractivity contribution in [3.8, 4) is 0 Å². The van der Waals surface area contributed by atoms with Crippen molar-refractivity contribution in [3.63, 3.8) is 0 Å². The van der Waals surface area contributed by atoms with E-state index in [2.05, 4.69) is 9.97 Å². The largest absolute Gasteiger partial charge is 0.430 e. The van der Waals surface area contributed by atoms with Crippen molar-refractivity contribution in [1.82, 2.24) is 14.3 Å². The van der Waals surface area contributed by atoms with E-state index in [1.165, 1.54) is 16.4 Å². The summed E-state index contributed by atoms with van der Waals surface area (Å²) in [5.74, 6) is -0.0222. The summed E-state index contributed by atoms with van der Waals surface area (Å²) in [4.78, 5) is 9.05. The Morgan fingerprint density at radius 1 is 1.05 bits per heavy atom. The molecule has 2 aromatic heterocycles. The van der Waals surface area contributed by atoms with E-state index in [0.29, 0.717) is 49.9 Å². The molecule has 9 nitrogen and oxygen atoms in total. The van der Waals surface area contributed by atoms with Crippen LogP contribution in [0.15, 0.2) is 28.7 Å². The second-order valence-electron chi connectivity index (χ2n) is 9.14. The van der Waals surface area contributed by atoms with Crippen molar-refractivity contribution in [1.29, 1.82) is 0 Å². The number of rotatable bonds is 6. The number of anilines is 2. The molecule has 4 rings (SSSR count).